The van der Waals surface area contributed by atoms with Gasteiger partial charge in [-0.2, -0.15) is 0 Å². The van der Waals surface area contributed by atoms with Gasteiger partial charge < -0.3 is 5.11 Å². The maximum absolute atomic E-state index is 11.9. The fraction of sp³-hybridized carbons (Fsp3) is 0.0769. The van der Waals surface area contributed by atoms with Crippen molar-refractivity contribution in [3.8, 4) is 5.75 Å². The largest absolute Gasteiger partial charge is 0.507 e. The quantitative estimate of drug-likeness (QED) is 0.766. The van der Waals surface area contributed by atoms with Gasteiger partial charge in [0.25, 0.3) is 5.56 Å². The van der Waals surface area contributed by atoms with Gasteiger partial charge in [0.05, 0.1) is 11.9 Å². The number of hydrogen-bond acceptors (Lipinski definition) is 4. The highest BCUT2D eigenvalue weighted by molar-refractivity contribution is 7.09. The van der Waals surface area contributed by atoms with E-state index in [1.54, 1.807) is 34.2 Å². The zero-order chi connectivity index (χ0) is 12.5. The molecule has 4 nitrogen and oxygen atoms in total. The summed E-state index contributed by atoms with van der Waals surface area (Å²) in [6, 6.07) is 8.64. The second-order valence-corrected chi connectivity index (χ2v) is 4.94. The molecule has 18 heavy (non-hydrogen) atoms. The molecule has 3 heterocycles. The highest BCUT2D eigenvalue weighted by Gasteiger charge is 2.09. The highest BCUT2D eigenvalue weighted by Crippen LogP contribution is 2.21. The summed E-state index contributed by atoms with van der Waals surface area (Å²) in [5, 5.41) is 12.3. The van der Waals surface area contributed by atoms with Crippen LogP contribution < -0.4 is 5.56 Å². The normalized spacial score (nSPS) is 10.9. The molecule has 1 N–H and O–H groups in total. The van der Waals surface area contributed by atoms with Crippen LogP contribution in [-0.4, -0.2) is 14.7 Å². The van der Waals surface area contributed by atoms with Gasteiger partial charge in [0.2, 0.25) is 0 Å². The van der Waals surface area contributed by atoms with Gasteiger partial charge in [-0.3, -0.25) is 9.36 Å². The van der Waals surface area contributed by atoms with E-state index in [0.717, 1.165) is 4.88 Å². The van der Waals surface area contributed by atoms with Crippen molar-refractivity contribution < 1.29 is 5.11 Å². The topological polar surface area (TPSA) is 55.1 Å². The van der Waals surface area contributed by atoms with Gasteiger partial charge in [-0.15, -0.1) is 11.3 Å². The Hall–Kier alpha value is -2.14. The van der Waals surface area contributed by atoms with Crippen molar-refractivity contribution in [1.82, 2.24) is 9.55 Å². The van der Waals surface area contributed by atoms with Crippen LogP contribution in [0.3, 0.4) is 0 Å². The van der Waals surface area contributed by atoms with E-state index in [1.165, 1.54) is 6.07 Å². The average molecular weight is 258 g/mol. The number of rotatable bonds is 2. The van der Waals surface area contributed by atoms with Crippen LogP contribution in [0.4, 0.5) is 0 Å². The van der Waals surface area contributed by atoms with E-state index < -0.39 is 0 Å². The summed E-state index contributed by atoms with van der Waals surface area (Å²) in [4.78, 5) is 17.2. The van der Waals surface area contributed by atoms with E-state index in [9.17, 15) is 9.90 Å². The standard InChI is InChI=1S/C13H10N2O2S/c16-11-7-12(17)15(8-9-3-2-6-18-9)13-10(11)4-1-5-14-13/h1-7,16H,8H2. The maximum Gasteiger partial charge on any atom is 0.256 e. The Morgan fingerprint density at radius 2 is 2.22 bits per heavy atom. The van der Waals surface area contributed by atoms with E-state index in [2.05, 4.69) is 4.98 Å². The lowest BCUT2D eigenvalue weighted by Gasteiger charge is -2.08. The molecule has 0 aliphatic carbocycles. The molecule has 3 rings (SSSR count). The summed E-state index contributed by atoms with van der Waals surface area (Å²) >= 11 is 1.59. The Bertz CT molecular complexity index is 747. The predicted octanol–water partition coefficient (Wildman–Crippen LogP) is 2.21. The number of fused-ring (bicyclic) bond motifs is 1. The van der Waals surface area contributed by atoms with Gasteiger partial charge in [0.15, 0.2) is 0 Å². The van der Waals surface area contributed by atoms with E-state index in [0.29, 0.717) is 17.6 Å². The van der Waals surface area contributed by atoms with Gasteiger partial charge in [-0.1, -0.05) is 6.07 Å². The van der Waals surface area contributed by atoms with Crippen molar-refractivity contribution in [2.45, 2.75) is 6.54 Å². The molecular weight excluding hydrogens is 248 g/mol. The smallest absolute Gasteiger partial charge is 0.256 e. The highest BCUT2D eigenvalue weighted by atomic mass is 32.1. The number of nitrogens with zero attached hydrogens (tertiary/aromatic N) is 2. The van der Waals surface area contributed by atoms with Crippen molar-refractivity contribution in [3.63, 3.8) is 0 Å². The fourth-order valence-electron chi connectivity index (χ4n) is 1.90. The molecule has 0 bridgehead atoms. The lowest BCUT2D eigenvalue weighted by molar-refractivity contribution is 0.479. The molecule has 0 saturated heterocycles. The molecule has 0 fully saturated rings. The van der Waals surface area contributed by atoms with Crippen molar-refractivity contribution >= 4 is 22.4 Å². The molecule has 0 atom stereocenters. The van der Waals surface area contributed by atoms with E-state index in [4.69, 9.17) is 0 Å². The van der Waals surface area contributed by atoms with Gasteiger partial charge in [0, 0.05) is 17.1 Å². The van der Waals surface area contributed by atoms with Crippen LogP contribution in [0.1, 0.15) is 4.88 Å². The lowest BCUT2D eigenvalue weighted by Crippen LogP contribution is -2.20. The van der Waals surface area contributed by atoms with E-state index >= 15 is 0 Å². The van der Waals surface area contributed by atoms with Gasteiger partial charge in [0.1, 0.15) is 11.4 Å². The minimum absolute atomic E-state index is 0.0227. The molecule has 5 heteroatoms. The van der Waals surface area contributed by atoms with Crippen LogP contribution in [0.2, 0.25) is 0 Å². The first-order valence-electron chi connectivity index (χ1n) is 5.45. The summed E-state index contributed by atoms with van der Waals surface area (Å²) in [5.41, 5.74) is 0.267. The Balaban J connectivity index is 2.25. The summed E-state index contributed by atoms with van der Waals surface area (Å²) in [6.07, 6.45) is 1.62. The van der Waals surface area contributed by atoms with Crippen LogP contribution in [0.5, 0.6) is 5.75 Å². The molecule has 0 aliphatic heterocycles. The first-order chi connectivity index (χ1) is 8.75. The van der Waals surface area contributed by atoms with E-state index in [-0.39, 0.29) is 11.3 Å². The Labute approximate surface area is 107 Å². The molecule has 0 saturated carbocycles. The summed E-state index contributed by atoms with van der Waals surface area (Å²) in [5.74, 6) is -0.0227. The van der Waals surface area contributed by atoms with Crippen molar-refractivity contribution in [3.05, 3.63) is 57.1 Å². The summed E-state index contributed by atoms with van der Waals surface area (Å²) in [6.45, 7) is 0.476. The number of pyridine rings is 2. The Kier molecular flexibility index (Phi) is 2.60. The van der Waals surface area contributed by atoms with Crippen LogP contribution in [-0.2, 0) is 6.54 Å². The van der Waals surface area contributed by atoms with Crippen molar-refractivity contribution in [1.29, 1.82) is 0 Å². The zero-order valence-electron chi connectivity index (χ0n) is 9.41. The number of aromatic hydroxyl groups is 1. The third kappa shape index (κ3) is 1.78. The van der Waals surface area contributed by atoms with Crippen LogP contribution in [0.15, 0.2) is 46.7 Å². The Morgan fingerprint density at radius 3 is 3.00 bits per heavy atom. The minimum atomic E-state index is -0.243. The predicted molar refractivity (Wildman–Crippen MR) is 71.1 cm³/mol. The van der Waals surface area contributed by atoms with Gasteiger partial charge >= 0.3 is 0 Å². The van der Waals surface area contributed by atoms with Crippen LogP contribution >= 0.6 is 11.3 Å². The second kappa shape index (κ2) is 4.27. The molecule has 3 aromatic heterocycles. The average Bonchev–Trinajstić information content (AvgIpc) is 2.87. The lowest BCUT2D eigenvalue weighted by atomic mass is 10.2. The molecule has 0 amide bonds. The SMILES string of the molecule is O=c1cc(O)c2cccnc2n1Cc1cccs1. The van der Waals surface area contributed by atoms with E-state index in [1.807, 2.05) is 17.5 Å². The van der Waals surface area contributed by atoms with Crippen LogP contribution in [0.25, 0.3) is 11.0 Å². The zero-order valence-corrected chi connectivity index (χ0v) is 10.2. The van der Waals surface area contributed by atoms with Crippen molar-refractivity contribution in [2.75, 3.05) is 0 Å². The minimum Gasteiger partial charge on any atom is -0.507 e. The number of aromatic nitrogens is 2. The number of hydrogen-bond donors (Lipinski definition) is 1. The first kappa shape index (κ1) is 11.0. The molecule has 3 aromatic rings. The molecule has 0 aromatic carbocycles. The summed E-state index contributed by atoms with van der Waals surface area (Å²) in [7, 11) is 0. The summed E-state index contributed by atoms with van der Waals surface area (Å²) < 4.78 is 1.57. The maximum atomic E-state index is 11.9. The number of thiophene rings is 1. The molecule has 0 radical (unpaired) electrons. The third-order valence-electron chi connectivity index (χ3n) is 2.74. The Morgan fingerprint density at radius 1 is 1.33 bits per heavy atom. The monoisotopic (exact) mass is 258 g/mol. The molecule has 0 unspecified atom stereocenters. The van der Waals surface area contributed by atoms with Gasteiger partial charge in [-0.05, 0) is 23.6 Å². The van der Waals surface area contributed by atoms with Crippen LogP contribution in [0, 0.1) is 0 Å². The molecule has 90 valence electrons. The van der Waals surface area contributed by atoms with Gasteiger partial charge in [-0.25, -0.2) is 4.98 Å². The molecular formula is C13H10N2O2S. The second-order valence-electron chi connectivity index (χ2n) is 3.91. The third-order valence-corrected chi connectivity index (χ3v) is 3.60. The first-order valence-corrected chi connectivity index (χ1v) is 6.33. The fourth-order valence-corrected chi connectivity index (χ4v) is 2.59. The molecule has 0 aliphatic rings. The van der Waals surface area contributed by atoms with Crippen molar-refractivity contribution in [2.24, 2.45) is 0 Å². The molecule has 0 spiro atoms.